The number of nitrogens with zero attached hydrogens (tertiary/aromatic N) is 5. The number of benzene rings is 7. The Kier molecular flexibility index (Phi) is 6.88. The zero-order valence-electron chi connectivity index (χ0n) is 30.1. The van der Waals surface area contributed by atoms with Gasteiger partial charge in [-0.1, -0.05) is 146 Å². The molecule has 4 heterocycles. The molecule has 11 rings (SSSR count). The summed E-state index contributed by atoms with van der Waals surface area (Å²) in [6.45, 7) is 2.13. The molecule has 1 aliphatic rings. The highest BCUT2D eigenvalue weighted by atomic mass is 15.2. The second-order valence-corrected chi connectivity index (χ2v) is 14.2. The van der Waals surface area contributed by atoms with Crippen molar-refractivity contribution in [2.75, 3.05) is 5.32 Å². The average Bonchev–Trinajstić information content (AvgIpc) is 3.77. The summed E-state index contributed by atoms with van der Waals surface area (Å²) in [5.41, 5.74) is 11.1. The van der Waals surface area contributed by atoms with E-state index in [1.165, 1.54) is 21.7 Å². The van der Waals surface area contributed by atoms with Gasteiger partial charge >= 0.3 is 0 Å². The SMILES string of the molecule is CC1(c2ccccc2)N=C(c2ccccc2)c2nc(-n3c4ccccc4c4c5c6ccccc6n(-c6ccccc6)c5ccc43)nc(-c3ccccc3)c2N1. The minimum absolute atomic E-state index is 0.587. The average molecular weight is 707 g/mol. The van der Waals surface area contributed by atoms with E-state index in [0.29, 0.717) is 5.95 Å². The van der Waals surface area contributed by atoms with Crippen molar-refractivity contribution in [3.8, 4) is 22.9 Å². The van der Waals surface area contributed by atoms with Crippen LogP contribution in [-0.2, 0) is 5.66 Å². The van der Waals surface area contributed by atoms with Crippen molar-refractivity contribution in [3.05, 3.63) is 199 Å². The van der Waals surface area contributed by atoms with Crippen LogP contribution in [0, 0.1) is 0 Å². The molecule has 0 saturated carbocycles. The molecule has 55 heavy (non-hydrogen) atoms. The number of nitrogens with one attached hydrogen (secondary N) is 1. The molecule has 0 saturated heterocycles. The van der Waals surface area contributed by atoms with Gasteiger partial charge in [-0.25, -0.2) is 9.97 Å². The van der Waals surface area contributed by atoms with Crippen LogP contribution in [-0.4, -0.2) is 24.8 Å². The number of para-hydroxylation sites is 3. The largest absolute Gasteiger partial charge is 0.354 e. The van der Waals surface area contributed by atoms with Crippen LogP contribution in [0.15, 0.2) is 187 Å². The van der Waals surface area contributed by atoms with Crippen LogP contribution < -0.4 is 5.32 Å². The zero-order chi connectivity index (χ0) is 36.5. The van der Waals surface area contributed by atoms with Gasteiger partial charge in [0.1, 0.15) is 5.69 Å². The first kappa shape index (κ1) is 31.2. The normalized spacial score (nSPS) is 15.3. The van der Waals surface area contributed by atoms with E-state index in [4.69, 9.17) is 15.0 Å². The molecule has 0 bridgehead atoms. The molecule has 1 aliphatic heterocycles. The molecule has 0 spiro atoms. The monoisotopic (exact) mass is 706 g/mol. The van der Waals surface area contributed by atoms with Crippen LogP contribution in [0.3, 0.4) is 0 Å². The Hall–Kier alpha value is -7.31. The molecule has 0 fully saturated rings. The molecule has 1 atom stereocenters. The number of rotatable bonds is 5. The second-order valence-electron chi connectivity index (χ2n) is 14.2. The van der Waals surface area contributed by atoms with Crippen molar-refractivity contribution in [2.45, 2.75) is 12.6 Å². The van der Waals surface area contributed by atoms with Gasteiger partial charge in [-0.05, 0) is 48.9 Å². The summed E-state index contributed by atoms with van der Waals surface area (Å²) in [6.07, 6.45) is 0. The third-order valence-corrected chi connectivity index (χ3v) is 10.9. The van der Waals surface area contributed by atoms with Crippen molar-refractivity contribution in [1.29, 1.82) is 0 Å². The van der Waals surface area contributed by atoms with E-state index in [9.17, 15) is 0 Å². The van der Waals surface area contributed by atoms with Gasteiger partial charge in [0.15, 0.2) is 5.66 Å². The maximum absolute atomic E-state index is 5.51. The lowest BCUT2D eigenvalue weighted by molar-refractivity contribution is 0.570. The molecule has 260 valence electrons. The first-order chi connectivity index (χ1) is 27.2. The molecule has 7 aromatic carbocycles. The van der Waals surface area contributed by atoms with Gasteiger partial charge in [0.25, 0.3) is 0 Å². The minimum Gasteiger partial charge on any atom is -0.354 e. The summed E-state index contributed by atoms with van der Waals surface area (Å²) in [7, 11) is 0. The highest BCUT2D eigenvalue weighted by Gasteiger charge is 2.36. The van der Waals surface area contributed by atoms with E-state index in [2.05, 4.69) is 185 Å². The highest BCUT2D eigenvalue weighted by molar-refractivity contribution is 6.29. The molecule has 6 heteroatoms. The third-order valence-electron chi connectivity index (χ3n) is 10.9. The molecule has 3 aromatic heterocycles. The third kappa shape index (κ3) is 4.78. The molecule has 0 radical (unpaired) electrons. The smallest absolute Gasteiger partial charge is 0.235 e. The Labute approximate surface area is 317 Å². The van der Waals surface area contributed by atoms with E-state index in [0.717, 1.165) is 67.1 Å². The summed E-state index contributed by atoms with van der Waals surface area (Å²) in [5, 5.41) is 8.57. The summed E-state index contributed by atoms with van der Waals surface area (Å²) >= 11 is 0. The summed E-state index contributed by atoms with van der Waals surface area (Å²) < 4.78 is 4.61. The fourth-order valence-corrected chi connectivity index (χ4v) is 8.48. The van der Waals surface area contributed by atoms with Crippen LogP contribution in [0.4, 0.5) is 5.69 Å². The van der Waals surface area contributed by atoms with Crippen LogP contribution in [0.25, 0.3) is 66.5 Å². The van der Waals surface area contributed by atoms with Gasteiger partial charge in [-0.15, -0.1) is 0 Å². The predicted octanol–water partition coefficient (Wildman–Crippen LogP) is 11.5. The molecule has 1 unspecified atom stereocenters. The van der Waals surface area contributed by atoms with Crippen LogP contribution in [0.1, 0.15) is 23.7 Å². The quantitative estimate of drug-likeness (QED) is 0.194. The van der Waals surface area contributed by atoms with Crippen molar-refractivity contribution in [1.82, 2.24) is 19.1 Å². The van der Waals surface area contributed by atoms with E-state index >= 15 is 0 Å². The minimum atomic E-state index is -0.765. The fraction of sp³-hybridized carbons (Fsp3) is 0.0408. The maximum Gasteiger partial charge on any atom is 0.235 e. The Balaban J connectivity index is 1.25. The van der Waals surface area contributed by atoms with E-state index in [-0.39, 0.29) is 0 Å². The number of aliphatic imine (C=N–C) groups is 1. The Morgan fingerprint density at radius 1 is 0.455 bits per heavy atom. The van der Waals surface area contributed by atoms with Gasteiger partial charge in [0.2, 0.25) is 5.95 Å². The molecular formula is C49H34N6. The molecular weight excluding hydrogens is 673 g/mol. The molecule has 6 nitrogen and oxygen atoms in total. The number of fused-ring (bicyclic) bond motifs is 8. The lowest BCUT2D eigenvalue weighted by atomic mass is 9.94. The van der Waals surface area contributed by atoms with Crippen LogP contribution in [0.5, 0.6) is 0 Å². The standard InChI is InChI=1S/C49H34N6/c1-49(34-22-10-4-11-23-34)52-45(33-20-8-3-9-21-33)46-47(53-49)44(32-18-6-2-7-19-32)50-48(51-46)55-39-29-17-15-27-37(39)43-41(55)31-30-40-42(43)36-26-14-16-28-38(36)54(40)35-24-12-5-13-25-35/h2-31,53H,1H3. The molecule has 10 aromatic rings. The molecule has 1 N–H and O–H groups in total. The van der Waals surface area contributed by atoms with E-state index in [1.807, 2.05) is 18.2 Å². The number of aromatic nitrogens is 4. The van der Waals surface area contributed by atoms with Crippen molar-refractivity contribution in [3.63, 3.8) is 0 Å². The Morgan fingerprint density at radius 3 is 1.58 bits per heavy atom. The fourth-order valence-electron chi connectivity index (χ4n) is 8.48. The van der Waals surface area contributed by atoms with Gasteiger partial charge in [0.05, 0.1) is 39.2 Å². The van der Waals surface area contributed by atoms with Crippen molar-refractivity contribution < 1.29 is 0 Å². The topological polar surface area (TPSA) is 60.0 Å². The second kappa shape index (κ2) is 12.1. The van der Waals surface area contributed by atoms with Crippen LogP contribution >= 0.6 is 0 Å². The zero-order valence-corrected chi connectivity index (χ0v) is 30.1. The Bertz CT molecular complexity index is 3110. The van der Waals surface area contributed by atoms with Gasteiger partial charge in [0, 0.05) is 38.4 Å². The highest BCUT2D eigenvalue weighted by Crippen LogP contribution is 2.44. The Morgan fingerprint density at radius 2 is 0.945 bits per heavy atom. The van der Waals surface area contributed by atoms with Crippen molar-refractivity contribution in [2.24, 2.45) is 4.99 Å². The first-order valence-electron chi connectivity index (χ1n) is 18.6. The first-order valence-corrected chi connectivity index (χ1v) is 18.6. The summed E-state index contributed by atoms with van der Waals surface area (Å²) in [5.74, 6) is 0.587. The predicted molar refractivity (Wildman–Crippen MR) is 226 cm³/mol. The lowest BCUT2D eigenvalue weighted by Crippen LogP contribution is -2.37. The van der Waals surface area contributed by atoms with E-state index in [1.54, 1.807) is 0 Å². The van der Waals surface area contributed by atoms with Gasteiger partial charge in [-0.3, -0.25) is 9.56 Å². The lowest BCUT2D eigenvalue weighted by Gasteiger charge is -2.35. The van der Waals surface area contributed by atoms with E-state index < -0.39 is 5.66 Å². The number of anilines is 1. The number of hydrogen-bond donors (Lipinski definition) is 1. The number of hydrogen-bond acceptors (Lipinski definition) is 4. The van der Waals surface area contributed by atoms with Crippen molar-refractivity contribution >= 4 is 55.0 Å². The molecule has 0 amide bonds. The van der Waals surface area contributed by atoms with Gasteiger partial charge in [-0.2, -0.15) is 0 Å². The molecule has 0 aliphatic carbocycles. The summed E-state index contributed by atoms with van der Waals surface area (Å²) in [6, 6.07) is 63.6. The maximum atomic E-state index is 5.51. The summed E-state index contributed by atoms with van der Waals surface area (Å²) in [4.78, 5) is 16.5. The van der Waals surface area contributed by atoms with Gasteiger partial charge < -0.3 is 9.88 Å². The van der Waals surface area contributed by atoms with Crippen LogP contribution in [0.2, 0.25) is 0 Å².